The molecule has 0 aliphatic rings. The van der Waals surface area contributed by atoms with Gasteiger partial charge in [0.05, 0.1) is 4.90 Å². The maximum atomic E-state index is 11.5. The number of H-pyrrole nitrogens is 1. The van der Waals surface area contributed by atoms with Gasteiger partial charge in [0.15, 0.2) is 9.84 Å². The molecule has 0 radical (unpaired) electrons. The number of hydrogen-bond donors (Lipinski definition) is 1. The average Bonchev–Trinajstić information content (AvgIpc) is 2.69. The number of hydrogen-bond acceptors (Lipinski definition) is 2. The zero-order chi connectivity index (χ0) is 10.9. The minimum atomic E-state index is -3.18. The molecule has 2 rings (SSSR count). The van der Waals surface area contributed by atoms with Gasteiger partial charge in [-0.25, -0.2) is 8.42 Å². The summed E-state index contributed by atoms with van der Waals surface area (Å²) in [6.45, 7) is 0. The van der Waals surface area contributed by atoms with Crippen molar-refractivity contribution in [2.45, 2.75) is 4.90 Å². The minimum absolute atomic E-state index is 0.354. The van der Waals surface area contributed by atoms with Crippen LogP contribution in [0.3, 0.4) is 0 Å². The van der Waals surface area contributed by atoms with Crippen LogP contribution in [0.1, 0.15) is 0 Å². The number of nitrogens with one attached hydrogen (secondary N) is 1. The van der Waals surface area contributed by atoms with E-state index in [2.05, 4.69) is 4.98 Å². The third-order valence-corrected chi connectivity index (χ3v) is 3.33. The number of sulfone groups is 1. The van der Waals surface area contributed by atoms with Crippen molar-refractivity contribution in [3.63, 3.8) is 0 Å². The summed E-state index contributed by atoms with van der Waals surface area (Å²) in [7, 11) is -3.18. The molecule has 0 saturated carbocycles. The van der Waals surface area contributed by atoms with Crippen molar-refractivity contribution in [1.29, 1.82) is 0 Å². The van der Waals surface area contributed by atoms with Crippen LogP contribution in [0.4, 0.5) is 0 Å². The van der Waals surface area contributed by atoms with Gasteiger partial charge in [0, 0.05) is 23.7 Å². The molecule has 0 atom stereocenters. The van der Waals surface area contributed by atoms with E-state index in [0.717, 1.165) is 5.69 Å². The fourth-order valence-corrected chi connectivity index (χ4v) is 2.41. The van der Waals surface area contributed by atoms with Gasteiger partial charge in [-0.3, -0.25) is 0 Å². The maximum Gasteiger partial charge on any atom is 0.176 e. The topological polar surface area (TPSA) is 49.9 Å². The van der Waals surface area contributed by atoms with Crippen LogP contribution < -0.4 is 0 Å². The van der Waals surface area contributed by atoms with Gasteiger partial charge in [0.25, 0.3) is 0 Å². The molecular weight excluding hydrogens is 210 g/mol. The fourth-order valence-electron chi connectivity index (χ4n) is 1.51. The molecule has 15 heavy (non-hydrogen) atoms. The van der Waals surface area contributed by atoms with Crippen molar-refractivity contribution < 1.29 is 8.42 Å². The monoisotopic (exact) mass is 221 g/mol. The molecule has 0 aliphatic heterocycles. The first-order chi connectivity index (χ1) is 7.09. The Hall–Kier alpha value is -1.55. The molecule has 0 aliphatic carbocycles. The van der Waals surface area contributed by atoms with Crippen molar-refractivity contribution in [2.75, 3.05) is 6.26 Å². The Morgan fingerprint density at radius 1 is 1.07 bits per heavy atom. The third-order valence-electron chi connectivity index (χ3n) is 2.17. The lowest BCUT2D eigenvalue weighted by Crippen LogP contribution is -1.99. The summed E-state index contributed by atoms with van der Waals surface area (Å²) >= 11 is 0. The van der Waals surface area contributed by atoms with Crippen molar-refractivity contribution in [3.8, 4) is 11.3 Å². The standard InChI is InChI=1S/C11H11NO2S/c1-15(13,14)11-7-3-2-5-9(11)10-6-4-8-12-10/h2-8,12H,1H3. The molecule has 2 aromatic rings. The van der Waals surface area contributed by atoms with Crippen LogP contribution in [0.2, 0.25) is 0 Å². The van der Waals surface area contributed by atoms with Gasteiger partial charge in [-0.2, -0.15) is 0 Å². The van der Waals surface area contributed by atoms with Gasteiger partial charge in [0.2, 0.25) is 0 Å². The number of aromatic nitrogens is 1. The SMILES string of the molecule is CS(=O)(=O)c1ccccc1-c1ccc[nH]1. The van der Waals surface area contributed by atoms with Gasteiger partial charge in [-0.1, -0.05) is 18.2 Å². The quantitative estimate of drug-likeness (QED) is 0.844. The predicted octanol–water partition coefficient (Wildman–Crippen LogP) is 2.09. The molecule has 1 heterocycles. The first-order valence-corrected chi connectivity index (χ1v) is 6.41. The summed E-state index contributed by atoms with van der Waals surface area (Å²) in [6, 6.07) is 10.7. The van der Waals surface area contributed by atoms with Gasteiger partial charge >= 0.3 is 0 Å². The van der Waals surface area contributed by atoms with Crippen molar-refractivity contribution in [2.24, 2.45) is 0 Å². The van der Waals surface area contributed by atoms with E-state index < -0.39 is 9.84 Å². The van der Waals surface area contributed by atoms with Crippen LogP contribution in [-0.2, 0) is 9.84 Å². The Kier molecular flexibility index (Phi) is 2.36. The highest BCUT2D eigenvalue weighted by Gasteiger charge is 2.13. The van der Waals surface area contributed by atoms with Gasteiger partial charge < -0.3 is 4.98 Å². The average molecular weight is 221 g/mol. The van der Waals surface area contributed by atoms with E-state index in [9.17, 15) is 8.42 Å². The van der Waals surface area contributed by atoms with Crippen LogP contribution in [0.25, 0.3) is 11.3 Å². The molecule has 1 aromatic heterocycles. The van der Waals surface area contributed by atoms with Gasteiger partial charge in [-0.15, -0.1) is 0 Å². The first kappa shape index (κ1) is 9.98. The third kappa shape index (κ3) is 1.94. The normalized spacial score (nSPS) is 11.5. The highest BCUT2D eigenvalue weighted by molar-refractivity contribution is 7.90. The van der Waals surface area contributed by atoms with E-state index in [1.807, 2.05) is 18.2 Å². The van der Waals surface area contributed by atoms with Crippen LogP contribution in [0, 0.1) is 0 Å². The number of rotatable bonds is 2. The van der Waals surface area contributed by atoms with Crippen molar-refractivity contribution in [3.05, 3.63) is 42.6 Å². The first-order valence-electron chi connectivity index (χ1n) is 4.52. The summed E-state index contributed by atoms with van der Waals surface area (Å²) in [4.78, 5) is 3.36. The van der Waals surface area contributed by atoms with Crippen LogP contribution in [-0.4, -0.2) is 19.7 Å². The Morgan fingerprint density at radius 3 is 2.40 bits per heavy atom. The second kappa shape index (κ2) is 3.55. The van der Waals surface area contributed by atoms with Gasteiger partial charge in [-0.05, 0) is 18.2 Å². The molecule has 0 unspecified atom stereocenters. The van der Waals surface area contributed by atoms with E-state index in [1.165, 1.54) is 6.26 Å². The molecule has 0 saturated heterocycles. The van der Waals surface area contributed by atoms with Crippen molar-refractivity contribution in [1.82, 2.24) is 4.98 Å². The smallest absolute Gasteiger partial charge is 0.176 e. The minimum Gasteiger partial charge on any atom is -0.361 e. The van der Waals surface area contributed by atoms with E-state index in [-0.39, 0.29) is 0 Å². The van der Waals surface area contributed by atoms with Crippen LogP contribution >= 0.6 is 0 Å². The van der Waals surface area contributed by atoms with Crippen molar-refractivity contribution >= 4 is 9.84 Å². The summed E-state index contributed by atoms with van der Waals surface area (Å²) in [5, 5.41) is 0. The lowest BCUT2D eigenvalue weighted by molar-refractivity contribution is 0.602. The zero-order valence-electron chi connectivity index (χ0n) is 8.27. The van der Waals surface area contributed by atoms with E-state index in [4.69, 9.17) is 0 Å². The molecule has 1 aromatic carbocycles. The lowest BCUT2D eigenvalue weighted by Gasteiger charge is -2.05. The second-order valence-corrected chi connectivity index (χ2v) is 5.34. The summed E-state index contributed by atoms with van der Waals surface area (Å²) in [5.41, 5.74) is 1.53. The highest BCUT2D eigenvalue weighted by Crippen LogP contribution is 2.25. The molecule has 4 heteroatoms. The fraction of sp³-hybridized carbons (Fsp3) is 0.0909. The van der Waals surface area contributed by atoms with Crippen LogP contribution in [0.5, 0.6) is 0 Å². The predicted molar refractivity (Wildman–Crippen MR) is 59.3 cm³/mol. The maximum absolute atomic E-state index is 11.5. The molecule has 0 spiro atoms. The van der Waals surface area contributed by atoms with Crippen LogP contribution in [0.15, 0.2) is 47.5 Å². The largest absolute Gasteiger partial charge is 0.361 e. The number of aromatic amines is 1. The van der Waals surface area contributed by atoms with Gasteiger partial charge in [0.1, 0.15) is 0 Å². The van der Waals surface area contributed by atoms with E-state index >= 15 is 0 Å². The lowest BCUT2D eigenvalue weighted by atomic mass is 10.1. The molecule has 0 amide bonds. The molecule has 0 fully saturated rings. The van der Waals surface area contributed by atoms with E-state index in [1.54, 1.807) is 24.4 Å². The molecular formula is C11H11NO2S. The Morgan fingerprint density at radius 2 is 1.80 bits per heavy atom. The molecule has 3 nitrogen and oxygen atoms in total. The zero-order valence-corrected chi connectivity index (χ0v) is 9.08. The molecule has 78 valence electrons. The molecule has 1 N–H and O–H groups in total. The summed E-state index contributed by atoms with van der Waals surface area (Å²) < 4.78 is 23.1. The summed E-state index contributed by atoms with van der Waals surface area (Å²) in [5.74, 6) is 0. The molecule has 0 bridgehead atoms. The summed E-state index contributed by atoms with van der Waals surface area (Å²) in [6.07, 6.45) is 2.99. The Balaban J connectivity index is 2.68. The number of benzene rings is 1. The second-order valence-electron chi connectivity index (χ2n) is 3.35. The Bertz CT molecular complexity index is 556. The highest BCUT2D eigenvalue weighted by atomic mass is 32.2. The van der Waals surface area contributed by atoms with E-state index in [0.29, 0.717) is 10.5 Å². The Labute approximate surface area is 88.7 Å².